The molecule has 0 radical (unpaired) electrons. The van der Waals surface area contributed by atoms with Gasteiger partial charge in [-0.25, -0.2) is 0 Å². The molecule has 2 heterocycles. The Morgan fingerprint density at radius 3 is 2.65 bits per heavy atom. The van der Waals surface area contributed by atoms with Crippen LogP contribution in [0, 0.1) is 0 Å². The predicted octanol–water partition coefficient (Wildman–Crippen LogP) is 2.74. The van der Waals surface area contributed by atoms with Crippen molar-refractivity contribution < 1.29 is 14.0 Å². The van der Waals surface area contributed by atoms with E-state index in [-0.39, 0.29) is 0 Å². The summed E-state index contributed by atoms with van der Waals surface area (Å²) in [6.07, 6.45) is 7.77. The third-order valence-electron chi connectivity index (χ3n) is 4.37. The fourth-order valence-corrected chi connectivity index (χ4v) is 3.07. The van der Waals surface area contributed by atoms with Crippen LogP contribution >= 0.6 is 0 Å². The minimum atomic E-state index is -0.424. The first-order valence-corrected chi connectivity index (χ1v) is 7.94. The third kappa shape index (κ3) is 2.82. The van der Waals surface area contributed by atoms with Crippen molar-refractivity contribution in [3.8, 4) is 11.5 Å². The van der Waals surface area contributed by atoms with Gasteiger partial charge in [-0.3, -0.25) is 0 Å². The minimum absolute atomic E-state index is 0.424. The molecule has 1 fully saturated rings. The Kier molecular flexibility index (Phi) is 3.53. The summed E-state index contributed by atoms with van der Waals surface area (Å²) < 4.78 is 16.4. The molecular weight excluding hydrogens is 294 g/mol. The van der Waals surface area contributed by atoms with Crippen molar-refractivity contribution in [3.05, 3.63) is 35.5 Å². The summed E-state index contributed by atoms with van der Waals surface area (Å²) in [5.74, 6) is 2.61. The molecule has 0 spiro atoms. The lowest BCUT2D eigenvalue weighted by atomic mass is 9.99. The lowest BCUT2D eigenvalue weighted by Gasteiger charge is -2.18. The van der Waals surface area contributed by atoms with Crippen LogP contribution < -0.4 is 15.2 Å². The fourth-order valence-electron chi connectivity index (χ4n) is 3.07. The third-order valence-corrected chi connectivity index (χ3v) is 4.37. The highest BCUT2D eigenvalue weighted by Crippen LogP contribution is 2.35. The zero-order valence-electron chi connectivity index (χ0n) is 12.8. The van der Waals surface area contributed by atoms with Gasteiger partial charge in [-0.1, -0.05) is 24.1 Å². The van der Waals surface area contributed by atoms with Crippen LogP contribution in [-0.4, -0.2) is 23.4 Å². The molecule has 1 aromatic carbocycles. The zero-order chi connectivity index (χ0) is 15.7. The molecule has 1 aliphatic carbocycles. The highest BCUT2D eigenvalue weighted by Gasteiger charge is 2.35. The van der Waals surface area contributed by atoms with Gasteiger partial charge >= 0.3 is 0 Å². The normalized spacial score (nSPS) is 19.3. The molecule has 0 saturated heterocycles. The van der Waals surface area contributed by atoms with Crippen molar-refractivity contribution in [1.82, 2.24) is 10.1 Å². The monoisotopic (exact) mass is 313 g/mol. The van der Waals surface area contributed by atoms with Crippen LogP contribution in [0.3, 0.4) is 0 Å². The predicted molar refractivity (Wildman–Crippen MR) is 85.0 cm³/mol. The number of nitrogens with two attached hydrogens (primary N) is 1. The van der Waals surface area contributed by atoms with Gasteiger partial charge in [0.1, 0.15) is 13.2 Å². The molecule has 0 atom stereocenters. The summed E-state index contributed by atoms with van der Waals surface area (Å²) in [6, 6.07) is 5.80. The van der Waals surface area contributed by atoms with Crippen LogP contribution in [-0.2, 0) is 5.54 Å². The highest BCUT2D eigenvalue weighted by molar-refractivity contribution is 5.68. The molecule has 6 heteroatoms. The van der Waals surface area contributed by atoms with E-state index in [9.17, 15) is 0 Å². The van der Waals surface area contributed by atoms with Gasteiger partial charge in [-0.05, 0) is 36.6 Å². The summed E-state index contributed by atoms with van der Waals surface area (Å²) in [7, 11) is 0. The maximum absolute atomic E-state index is 6.34. The first-order valence-electron chi connectivity index (χ1n) is 7.94. The molecule has 120 valence electrons. The maximum atomic E-state index is 6.34. The van der Waals surface area contributed by atoms with E-state index in [1.54, 1.807) is 6.08 Å². The summed E-state index contributed by atoms with van der Waals surface area (Å²) in [6.45, 7) is 1.17. The second kappa shape index (κ2) is 5.70. The van der Waals surface area contributed by atoms with E-state index < -0.39 is 5.54 Å². The Labute approximate surface area is 134 Å². The van der Waals surface area contributed by atoms with Crippen LogP contribution in [0.5, 0.6) is 11.5 Å². The van der Waals surface area contributed by atoms with Gasteiger partial charge in [0.25, 0.3) is 5.89 Å². The average Bonchev–Trinajstić information content (AvgIpc) is 3.23. The molecule has 6 nitrogen and oxygen atoms in total. The lowest BCUT2D eigenvalue weighted by molar-refractivity contribution is 0.171. The molecular formula is C17H19N3O3. The molecule has 4 rings (SSSR count). The maximum Gasteiger partial charge on any atom is 0.250 e. The number of aromatic nitrogens is 2. The largest absolute Gasteiger partial charge is 0.486 e. The van der Waals surface area contributed by atoms with Gasteiger partial charge in [0.2, 0.25) is 0 Å². The van der Waals surface area contributed by atoms with Gasteiger partial charge in [0.15, 0.2) is 17.3 Å². The number of fused-ring (bicyclic) bond motifs is 1. The van der Waals surface area contributed by atoms with Crippen LogP contribution in [0.1, 0.15) is 43.0 Å². The molecule has 2 N–H and O–H groups in total. The average molecular weight is 313 g/mol. The molecule has 1 aliphatic heterocycles. The topological polar surface area (TPSA) is 83.4 Å². The van der Waals surface area contributed by atoms with Crippen molar-refractivity contribution in [2.45, 2.75) is 31.2 Å². The van der Waals surface area contributed by atoms with Crippen LogP contribution in [0.2, 0.25) is 0 Å². The van der Waals surface area contributed by atoms with E-state index in [0.717, 1.165) is 42.7 Å². The molecule has 0 bridgehead atoms. The summed E-state index contributed by atoms with van der Waals surface area (Å²) in [4.78, 5) is 4.42. The van der Waals surface area contributed by atoms with Crippen molar-refractivity contribution in [2.24, 2.45) is 5.73 Å². The summed E-state index contributed by atoms with van der Waals surface area (Å²) in [5.41, 5.74) is 6.90. The molecule has 2 aromatic rings. The van der Waals surface area contributed by atoms with E-state index in [1.165, 1.54) is 0 Å². The van der Waals surface area contributed by atoms with E-state index in [0.29, 0.717) is 24.9 Å². The SMILES string of the molecule is NC1(c2noc(/C=C/c3ccc4c(c3)OCCO4)n2)CCCC1. The van der Waals surface area contributed by atoms with Crippen LogP contribution in [0.4, 0.5) is 0 Å². The smallest absolute Gasteiger partial charge is 0.250 e. The number of ether oxygens (including phenoxy) is 2. The van der Waals surface area contributed by atoms with Gasteiger partial charge < -0.3 is 19.7 Å². The van der Waals surface area contributed by atoms with Crippen molar-refractivity contribution in [1.29, 1.82) is 0 Å². The van der Waals surface area contributed by atoms with Gasteiger partial charge in [-0.15, -0.1) is 0 Å². The Balaban J connectivity index is 1.52. The quantitative estimate of drug-likeness (QED) is 0.938. The molecule has 1 saturated carbocycles. The van der Waals surface area contributed by atoms with E-state index >= 15 is 0 Å². The van der Waals surface area contributed by atoms with Gasteiger partial charge in [0, 0.05) is 6.08 Å². The Bertz CT molecular complexity index is 732. The van der Waals surface area contributed by atoms with Crippen LogP contribution in [0.15, 0.2) is 22.7 Å². The number of benzene rings is 1. The van der Waals surface area contributed by atoms with Gasteiger partial charge in [0.05, 0.1) is 5.54 Å². The lowest BCUT2D eigenvalue weighted by Crippen LogP contribution is -2.34. The van der Waals surface area contributed by atoms with E-state index in [2.05, 4.69) is 10.1 Å². The van der Waals surface area contributed by atoms with E-state index in [1.807, 2.05) is 24.3 Å². The number of rotatable bonds is 3. The zero-order valence-corrected chi connectivity index (χ0v) is 12.8. The first kappa shape index (κ1) is 14.3. The number of hydrogen-bond donors (Lipinski definition) is 1. The van der Waals surface area contributed by atoms with Crippen molar-refractivity contribution in [2.75, 3.05) is 13.2 Å². The van der Waals surface area contributed by atoms with Gasteiger partial charge in [-0.2, -0.15) is 4.98 Å². The summed E-state index contributed by atoms with van der Waals surface area (Å²) >= 11 is 0. The molecule has 0 amide bonds. The van der Waals surface area contributed by atoms with Crippen molar-refractivity contribution >= 4 is 12.2 Å². The minimum Gasteiger partial charge on any atom is -0.486 e. The Morgan fingerprint density at radius 2 is 1.83 bits per heavy atom. The summed E-state index contributed by atoms with van der Waals surface area (Å²) in [5, 5.41) is 4.05. The van der Waals surface area contributed by atoms with Crippen LogP contribution in [0.25, 0.3) is 12.2 Å². The molecule has 0 unspecified atom stereocenters. The molecule has 2 aliphatic rings. The Hall–Kier alpha value is -2.34. The number of hydrogen-bond acceptors (Lipinski definition) is 6. The second-order valence-corrected chi connectivity index (χ2v) is 6.06. The number of nitrogens with zero attached hydrogens (tertiary/aromatic N) is 2. The Morgan fingerprint density at radius 1 is 1.04 bits per heavy atom. The molecule has 23 heavy (non-hydrogen) atoms. The first-order chi connectivity index (χ1) is 11.2. The standard InChI is InChI=1S/C17H19N3O3/c18-17(7-1-2-8-17)16-19-15(23-20-16)6-4-12-3-5-13-14(11-12)22-10-9-21-13/h3-6,11H,1-2,7-10,18H2/b6-4+. The molecule has 1 aromatic heterocycles. The highest BCUT2D eigenvalue weighted by atomic mass is 16.6. The van der Waals surface area contributed by atoms with E-state index in [4.69, 9.17) is 19.7 Å². The second-order valence-electron chi connectivity index (χ2n) is 6.06. The fraction of sp³-hybridized carbons (Fsp3) is 0.412. The van der Waals surface area contributed by atoms with Crippen molar-refractivity contribution in [3.63, 3.8) is 0 Å².